The van der Waals surface area contributed by atoms with E-state index in [2.05, 4.69) is 10.6 Å². The molecule has 21 heavy (non-hydrogen) atoms. The monoisotopic (exact) mass is 305 g/mol. The molecule has 0 aliphatic heterocycles. The highest BCUT2D eigenvalue weighted by Crippen LogP contribution is 2.15. The summed E-state index contributed by atoms with van der Waals surface area (Å²) in [5.41, 5.74) is 0.508. The SMILES string of the molecule is C[C@@H](Cc1cccs1)NC(=O)Nc1ccc([N+](=O)[O-])cc1. The summed E-state index contributed by atoms with van der Waals surface area (Å²) in [4.78, 5) is 23.1. The average Bonchev–Trinajstić information content (AvgIpc) is 2.91. The predicted octanol–water partition coefficient (Wildman–Crippen LogP) is 3.41. The number of carbonyl (C=O) groups is 1. The van der Waals surface area contributed by atoms with E-state index in [1.807, 2.05) is 24.4 Å². The fraction of sp³-hybridized carbons (Fsp3) is 0.214. The number of rotatable bonds is 5. The summed E-state index contributed by atoms with van der Waals surface area (Å²) in [6.45, 7) is 1.93. The third kappa shape index (κ3) is 4.57. The Balaban J connectivity index is 1.84. The van der Waals surface area contributed by atoms with Crippen LogP contribution in [0.1, 0.15) is 11.8 Å². The molecule has 2 N–H and O–H groups in total. The number of nitrogens with zero attached hydrogens (tertiary/aromatic N) is 1. The number of thiophene rings is 1. The van der Waals surface area contributed by atoms with E-state index in [9.17, 15) is 14.9 Å². The molecular weight excluding hydrogens is 290 g/mol. The highest BCUT2D eigenvalue weighted by molar-refractivity contribution is 7.09. The molecule has 0 fully saturated rings. The Labute approximate surface area is 126 Å². The maximum atomic E-state index is 11.8. The van der Waals surface area contributed by atoms with Crippen LogP contribution in [0.4, 0.5) is 16.2 Å². The first-order valence-electron chi connectivity index (χ1n) is 6.39. The highest BCUT2D eigenvalue weighted by atomic mass is 32.1. The van der Waals surface area contributed by atoms with Crippen molar-refractivity contribution in [3.63, 3.8) is 0 Å². The second-order valence-corrected chi connectivity index (χ2v) is 5.62. The van der Waals surface area contributed by atoms with Gasteiger partial charge in [-0.15, -0.1) is 11.3 Å². The van der Waals surface area contributed by atoms with Crippen LogP contribution in [0, 0.1) is 10.1 Å². The number of nitrogens with one attached hydrogen (secondary N) is 2. The third-order valence-corrected chi connectivity index (χ3v) is 3.70. The molecular formula is C14H15N3O3S. The van der Waals surface area contributed by atoms with Crippen molar-refractivity contribution in [1.29, 1.82) is 0 Å². The Hall–Kier alpha value is -2.41. The molecule has 0 unspecified atom stereocenters. The van der Waals surface area contributed by atoms with Gasteiger partial charge >= 0.3 is 6.03 Å². The van der Waals surface area contributed by atoms with Crippen molar-refractivity contribution < 1.29 is 9.72 Å². The van der Waals surface area contributed by atoms with Crippen molar-refractivity contribution in [2.45, 2.75) is 19.4 Å². The molecule has 0 spiro atoms. The van der Waals surface area contributed by atoms with Crippen LogP contribution in [0.5, 0.6) is 0 Å². The van der Waals surface area contributed by atoms with Crippen molar-refractivity contribution in [1.82, 2.24) is 5.32 Å². The third-order valence-electron chi connectivity index (χ3n) is 2.80. The largest absolute Gasteiger partial charge is 0.335 e. The minimum absolute atomic E-state index is 0.00157. The van der Waals surface area contributed by atoms with Crippen molar-refractivity contribution in [2.75, 3.05) is 5.32 Å². The Kier molecular flexibility index (Phi) is 4.89. The minimum Gasteiger partial charge on any atom is -0.335 e. The molecule has 2 rings (SSSR count). The number of amides is 2. The fourth-order valence-corrected chi connectivity index (χ4v) is 2.67. The molecule has 1 atom stereocenters. The summed E-state index contributed by atoms with van der Waals surface area (Å²) in [6.07, 6.45) is 0.769. The second-order valence-electron chi connectivity index (χ2n) is 4.59. The first-order valence-corrected chi connectivity index (χ1v) is 7.27. The van der Waals surface area contributed by atoms with Crippen molar-refractivity contribution in [2.24, 2.45) is 0 Å². The van der Waals surface area contributed by atoms with Crippen LogP contribution in [0.15, 0.2) is 41.8 Å². The van der Waals surface area contributed by atoms with Crippen LogP contribution in [-0.4, -0.2) is 17.0 Å². The lowest BCUT2D eigenvalue weighted by Crippen LogP contribution is -2.37. The van der Waals surface area contributed by atoms with Gasteiger partial charge < -0.3 is 10.6 Å². The molecule has 2 amide bonds. The van der Waals surface area contributed by atoms with Gasteiger partial charge in [0.1, 0.15) is 0 Å². The number of non-ortho nitro benzene ring substituents is 1. The van der Waals surface area contributed by atoms with E-state index in [-0.39, 0.29) is 17.8 Å². The van der Waals surface area contributed by atoms with Gasteiger partial charge in [0.2, 0.25) is 0 Å². The lowest BCUT2D eigenvalue weighted by molar-refractivity contribution is -0.384. The molecule has 0 bridgehead atoms. The van der Waals surface area contributed by atoms with Gasteiger partial charge in [-0.2, -0.15) is 0 Å². The van der Waals surface area contributed by atoms with E-state index in [1.54, 1.807) is 11.3 Å². The van der Waals surface area contributed by atoms with E-state index < -0.39 is 4.92 Å². The predicted molar refractivity (Wildman–Crippen MR) is 82.7 cm³/mol. The number of urea groups is 1. The van der Waals surface area contributed by atoms with Crippen LogP contribution < -0.4 is 10.6 Å². The van der Waals surface area contributed by atoms with Gasteiger partial charge in [-0.1, -0.05) is 6.07 Å². The van der Waals surface area contributed by atoms with Crippen LogP contribution in [-0.2, 0) is 6.42 Å². The highest BCUT2D eigenvalue weighted by Gasteiger charge is 2.10. The lowest BCUT2D eigenvalue weighted by atomic mass is 10.2. The van der Waals surface area contributed by atoms with Gasteiger partial charge in [-0.05, 0) is 30.5 Å². The molecule has 1 aromatic carbocycles. The lowest BCUT2D eigenvalue weighted by Gasteiger charge is -2.13. The number of hydrogen-bond donors (Lipinski definition) is 2. The zero-order valence-corrected chi connectivity index (χ0v) is 12.2. The van der Waals surface area contributed by atoms with Crippen molar-refractivity contribution in [3.8, 4) is 0 Å². The summed E-state index contributed by atoms with van der Waals surface area (Å²) >= 11 is 1.65. The molecule has 0 radical (unpaired) electrons. The van der Waals surface area contributed by atoms with Gasteiger partial charge in [0.15, 0.2) is 0 Å². The summed E-state index contributed by atoms with van der Waals surface area (Å²) in [6, 6.07) is 9.38. The van der Waals surface area contributed by atoms with Crippen LogP contribution in [0.3, 0.4) is 0 Å². The molecule has 2 aromatic rings. The Morgan fingerprint density at radius 1 is 1.33 bits per heavy atom. The Morgan fingerprint density at radius 3 is 2.62 bits per heavy atom. The molecule has 0 aliphatic carbocycles. The summed E-state index contributed by atoms with van der Waals surface area (Å²) in [7, 11) is 0. The maximum absolute atomic E-state index is 11.8. The van der Waals surface area contributed by atoms with Gasteiger partial charge in [0.25, 0.3) is 5.69 Å². The number of carbonyl (C=O) groups excluding carboxylic acids is 1. The minimum atomic E-state index is -0.479. The van der Waals surface area contributed by atoms with Gasteiger partial charge in [0, 0.05) is 35.2 Å². The second kappa shape index (κ2) is 6.85. The molecule has 1 heterocycles. The van der Waals surface area contributed by atoms with E-state index in [0.29, 0.717) is 5.69 Å². The molecule has 0 saturated carbocycles. The fourth-order valence-electron chi connectivity index (χ4n) is 1.84. The van der Waals surface area contributed by atoms with Gasteiger partial charge in [-0.25, -0.2) is 4.79 Å². The van der Waals surface area contributed by atoms with Gasteiger partial charge in [0.05, 0.1) is 4.92 Å². The van der Waals surface area contributed by atoms with Gasteiger partial charge in [-0.3, -0.25) is 10.1 Å². The quantitative estimate of drug-likeness (QED) is 0.656. The first-order chi connectivity index (χ1) is 10.0. The van der Waals surface area contributed by atoms with Crippen LogP contribution in [0.2, 0.25) is 0 Å². The molecule has 1 aromatic heterocycles. The number of nitro groups is 1. The van der Waals surface area contributed by atoms with E-state index >= 15 is 0 Å². The standard InChI is InChI=1S/C14H15N3O3S/c1-10(9-13-3-2-8-21-13)15-14(18)16-11-4-6-12(7-5-11)17(19)20/h2-8,10H,9H2,1H3,(H2,15,16,18)/t10-/m0/s1. The van der Waals surface area contributed by atoms with E-state index in [1.165, 1.54) is 29.1 Å². The maximum Gasteiger partial charge on any atom is 0.319 e. The normalized spacial score (nSPS) is 11.7. The Bertz CT molecular complexity index is 611. The van der Waals surface area contributed by atoms with Crippen molar-refractivity contribution >= 4 is 28.7 Å². The molecule has 7 heteroatoms. The van der Waals surface area contributed by atoms with Crippen molar-refractivity contribution in [3.05, 3.63) is 56.8 Å². The molecule has 6 nitrogen and oxygen atoms in total. The zero-order chi connectivity index (χ0) is 15.2. The van der Waals surface area contributed by atoms with Crippen LogP contribution >= 0.6 is 11.3 Å². The average molecular weight is 305 g/mol. The zero-order valence-electron chi connectivity index (χ0n) is 11.4. The molecule has 110 valence electrons. The van der Waals surface area contributed by atoms with E-state index in [0.717, 1.165) is 6.42 Å². The number of benzene rings is 1. The van der Waals surface area contributed by atoms with E-state index in [4.69, 9.17) is 0 Å². The number of anilines is 1. The summed E-state index contributed by atoms with van der Waals surface area (Å²) in [5.74, 6) is 0. The summed E-state index contributed by atoms with van der Waals surface area (Å²) in [5, 5.41) is 18.0. The van der Waals surface area contributed by atoms with Crippen LogP contribution in [0.25, 0.3) is 0 Å². The number of nitro benzene ring substituents is 1. The number of hydrogen-bond acceptors (Lipinski definition) is 4. The summed E-state index contributed by atoms with van der Waals surface area (Å²) < 4.78 is 0. The first kappa shape index (κ1) is 15.0. The Morgan fingerprint density at radius 2 is 2.05 bits per heavy atom. The topological polar surface area (TPSA) is 84.3 Å². The smallest absolute Gasteiger partial charge is 0.319 e. The molecule has 0 saturated heterocycles. The molecule has 0 aliphatic rings.